The molecule has 1 heterocycles. The minimum Gasteiger partial charge on any atom is -0.422 e. The molecule has 0 aliphatic carbocycles. The second-order valence-electron chi connectivity index (χ2n) is 4.23. The fraction of sp³-hybridized carbons (Fsp3) is 0.133. The summed E-state index contributed by atoms with van der Waals surface area (Å²) in [4.78, 5) is 22.6. The van der Waals surface area contributed by atoms with Gasteiger partial charge in [-0.2, -0.15) is 4.57 Å². The van der Waals surface area contributed by atoms with Gasteiger partial charge in [-0.3, -0.25) is 4.79 Å². The summed E-state index contributed by atoms with van der Waals surface area (Å²) in [5.41, 5.74) is 0.662. The molecular weight excluding hydrogens is 256 g/mol. The first-order valence-electron chi connectivity index (χ1n) is 6.16. The Hall–Kier alpha value is -2.69. The van der Waals surface area contributed by atoms with Crippen LogP contribution in [0.1, 0.15) is 6.92 Å². The monoisotopic (exact) mass is 271 g/mol. The fourth-order valence-electron chi connectivity index (χ4n) is 1.66. The van der Waals surface area contributed by atoms with Crippen molar-refractivity contribution in [3.63, 3.8) is 0 Å². The van der Waals surface area contributed by atoms with Crippen LogP contribution in [0.15, 0.2) is 54.9 Å². The molecule has 20 heavy (non-hydrogen) atoms. The average Bonchev–Trinajstić information content (AvgIpc) is 2.41. The summed E-state index contributed by atoms with van der Waals surface area (Å²) in [7, 11) is 0. The van der Waals surface area contributed by atoms with Crippen molar-refractivity contribution in [1.29, 1.82) is 0 Å². The SMILES string of the molecule is CC(=O)Nc1ccc(OC(=O)C[n+]2ccccc2)cc1. The number of anilines is 1. The lowest BCUT2D eigenvalue weighted by molar-refractivity contribution is -0.685. The third-order valence-corrected chi connectivity index (χ3v) is 2.50. The number of ether oxygens (including phenoxy) is 1. The van der Waals surface area contributed by atoms with Crippen molar-refractivity contribution >= 4 is 17.6 Å². The van der Waals surface area contributed by atoms with Crippen LogP contribution >= 0.6 is 0 Å². The minimum atomic E-state index is -0.353. The molecule has 0 aliphatic heterocycles. The van der Waals surface area contributed by atoms with E-state index in [9.17, 15) is 9.59 Å². The van der Waals surface area contributed by atoms with Gasteiger partial charge in [0.25, 0.3) is 0 Å². The number of esters is 1. The number of carbonyl (C=O) groups is 2. The van der Waals surface area contributed by atoms with Crippen LogP contribution in [0.2, 0.25) is 0 Å². The van der Waals surface area contributed by atoms with Gasteiger partial charge in [0.05, 0.1) is 0 Å². The lowest BCUT2D eigenvalue weighted by Gasteiger charge is -2.04. The van der Waals surface area contributed by atoms with Gasteiger partial charge < -0.3 is 10.1 Å². The number of nitrogens with zero attached hydrogens (tertiary/aromatic N) is 1. The molecule has 0 saturated heterocycles. The summed E-state index contributed by atoms with van der Waals surface area (Å²) in [5.74, 6) is -0.0515. The van der Waals surface area contributed by atoms with Gasteiger partial charge in [-0.1, -0.05) is 6.07 Å². The molecule has 0 unspecified atom stereocenters. The zero-order valence-electron chi connectivity index (χ0n) is 11.1. The predicted octanol–water partition coefficient (Wildman–Crippen LogP) is 1.54. The molecule has 5 nitrogen and oxygen atoms in total. The largest absolute Gasteiger partial charge is 0.422 e. The van der Waals surface area contributed by atoms with Gasteiger partial charge in [-0.25, -0.2) is 4.79 Å². The van der Waals surface area contributed by atoms with E-state index in [1.54, 1.807) is 41.2 Å². The number of carbonyl (C=O) groups excluding carboxylic acids is 2. The lowest BCUT2D eigenvalue weighted by Crippen LogP contribution is -2.38. The standard InChI is InChI=1S/C15H14N2O3/c1-12(18)16-13-5-7-14(8-6-13)20-15(19)11-17-9-3-2-4-10-17/h2-10H,11H2,1H3/p+1. The van der Waals surface area contributed by atoms with Crippen molar-refractivity contribution in [3.05, 3.63) is 54.9 Å². The second-order valence-corrected chi connectivity index (χ2v) is 4.23. The lowest BCUT2D eigenvalue weighted by atomic mass is 10.3. The molecule has 0 fully saturated rings. The maximum Gasteiger partial charge on any atom is 0.378 e. The minimum absolute atomic E-state index is 0.143. The summed E-state index contributed by atoms with van der Waals surface area (Å²) >= 11 is 0. The molecule has 0 bridgehead atoms. The van der Waals surface area contributed by atoms with Crippen LogP contribution in [0.25, 0.3) is 0 Å². The fourth-order valence-corrected chi connectivity index (χ4v) is 1.66. The topological polar surface area (TPSA) is 59.3 Å². The van der Waals surface area contributed by atoms with E-state index in [-0.39, 0.29) is 18.4 Å². The number of nitrogens with one attached hydrogen (secondary N) is 1. The maximum atomic E-state index is 11.7. The maximum absolute atomic E-state index is 11.7. The van der Waals surface area contributed by atoms with Crippen molar-refractivity contribution in [3.8, 4) is 5.75 Å². The summed E-state index contributed by atoms with van der Waals surface area (Å²) in [5, 5.41) is 2.64. The molecule has 2 aromatic rings. The third kappa shape index (κ3) is 4.20. The smallest absolute Gasteiger partial charge is 0.378 e. The molecule has 0 aliphatic rings. The molecule has 0 saturated carbocycles. The highest BCUT2D eigenvalue weighted by molar-refractivity contribution is 5.88. The number of benzene rings is 1. The van der Waals surface area contributed by atoms with E-state index >= 15 is 0 Å². The molecule has 102 valence electrons. The molecule has 0 spiro atoms. The Labute approximate surface area is 116 Å². The van der Waals surface area contributed by atoms with E-state index in [2.05, 4.69) is 5.32 Å². The van der Waals surface area contributed by atoms with E-state index in [1.807, 2.05) is 18.2 Å². The first kappa shape index (κ1) is 13.7. The second kappa shape index (κ2) is 6.47. The summed E-state index contributed by atoms with van der Waals surface area (Å²) < 4.78 is 6.94. The Kier molecular flexibility index (Phi) is 4.44. The Balaban J connectivity index is 1.93. The molecule has 0 atom stereocenters. The molecule has 1 amide bonds. The number of amides is 1. The van der Waals surface area contributed by atoms with Crippen LogP contribution in [0, 0.1) is 0 Å². The van der Waals surface area contributed by atoms with Crippen LogP contribution in [0.4, 0.5) is 5.69 Å². The molecule has 1 aromatic carbocycles. The highest BCUT2D eigenvalue weighted by Crippen LogP contribution is 2.15. The highest BCUT2D eigenvalue weighted by atomic mass is 16.5. The van der Waals surface area contributed by atoms with Crippen molar-refractivity contribution in [2.45, 2.75) is 13.5 Å². The number of aromatic nitrogens is 1. The molecule has 1 N–H and O–H groups in total. The predicted molar refractivity (Wildman–Crippen MR) is 73.0 cm³/mol. The Morgan fingerprint density at radius 1 is 1.10 bits per heavy atom. The van der Waals surface area contributed by atoms with Crippen molar-refractivity contribution in [2.75, 3.05) is 5.32 Å². The van der Waals surface area contributed by atoms with E-state index in [0.29, 0.717) is 11.4 Å². The normalized spacial score (nSPS) is 9.85. The Morgan fingerprint density at radius 2 is 1.75 bits per heavy atom. The summed E-state index contributed by atoms with van der Waals surface area (Å²) in [6, 6.07) is 12.2. The van der Waals surface area contributed by atoms with Gasteiger partial charge in [0.15, 0.2) is 12.4 Å². The van der Waals surface area contributed by atoms with Crippen LogP contribution < -0.4 is 14.6 Å². The van der Waals surface area contributed by atoms with Crippen LogP contribution in [-0.2, 0) is 16.1 Å². The van der Waals surface area contributed by atoms with Gasteiger partial charge in [-0.15, -0.1) is 0 Å². The van der Waals surface area contributed by atoms with Crippen LogP contribution in [-0.4, -0.2) is 11.9 Å². The van der Waals surface area contributed by atoms with E-state index in [1.165, 1.54) is 6.92 Å². The zero-order valence-corrected chi connectivity index (χ0v) is 11.1. The number of hydrogen-bond acceptors (Lipinski definition) is 3. The van der Waals surface area contributed by atoms with E-state index in [0.717, 1.165) is 0 Å². The molecule has 0 radical (unpaired) electrons. The molecule has 1 aromatic heterocycles. The van der Waals surface area contributed by atoms with Crippen LogP contribution in [0.5, 0.6) is 5.75 Å². The van der Waals surface area contributed by atoms with Gasteiger partial charge in [0.1, 0.15) is 5.75 Å². The first-order valence-corrected chi connectivity index (χ1v) is 6.16. The van der Waals surface area contributed by atoms with E-state index in [4.69, 9.17) is 4.74 Å². The van der Waals surface area contributed by atoms with Gasteiger partial charge >= 0.3 is 5.97 Å². The first-order chi connectivity index (χ1) is 9.63. The zero-order chi connectivity index (χ0) is 14.4. The number of hydrogen-bond donors (Lipinski definition) is 1. The van der Waals surface area contributed by atoms with Crippen molar-refractivity contribution < 1.29 is 18.9 Å². The average molecular weight is 271 g/mol. The van der Waals surface area contributed by atoms with Gasteiger partial charge in [0, 0.05) is 24.7 Å². The van der Waals surface area contributed by atoms with Crippen molar-refractivity contribution in [2.24, 2.45) is 0 Å². The highest BCUT2D eigenvalue weighted by Gasteiger charge is 2.11. The number of pyridine rings is 1. The molecule has 2 rings (SSSR count). The van der Waals surface area contributed by atoms with Gasteiger partial charge in [-0.05, 0) is 24.3 Å². The quantitative estimate of drug-likeness (QED) is 0.521. The van der Waals surface area contributed by atoms with Crippen LogP contribution in [0.3, 0.4) is 0 Å². The number of rotatable bonds is 4. The molecular formula is C15H15N2O3+. The Morgan fingerprint density at radius 3 is 2.35 bits per heavy atom. The Bertz CT molecular complexity index is 594. The summed E-state index contributed by atoms with van der Waals surface area (Å²) in [6.45, 7) is 1.58. The third-order valence-electron chi connectivity index (χ3n) is 2.50. The van der Waals surface area contributed by atoms with Crippen molar-refractivity contribution in [1.82, 2.24) is 0 Å². The van der Waals surface area contributed by atoms with E-state index < -0.39 is 0 Å². The van der Waals surface area contributed by atoms with Gasteiger partial charge in [0.2, 0.25) is 12.5 Å². The summed E-state index contributed by atoms with van der Waals surface area (Å²) in [6.07, 6.45) is 3.59. The molecule has 5 heteroatoms.